The standard InChI is InChI=1S/C7H10Cl4/c8-6-4-2-1-3-5(6)7(9,10)11/h5-6H,1-4H2/t5-,6+/m1/s1. The van der Waals surface area contributed by atoms with E-state index >= 15 is 0 Å². The second kappa shape index (κ2) is 3.91. The number of halogens is 4. The Morgan fingerprint density at radius 3 is 1.91 bits per heavy atom. The second-order valence-electron chi connectivity index (χ2n) is 2.95. The highest BCUT2D eigenvalue weighted by atomic mass is 35.6. The van der Waals surface area contributed by atoms with E-state index in [9.17, 15) is 0 Å². The van der Waals surface area contributed by atoms with Gasteiger partial charge in [-0.25, -0.2) is 0 Å². The third-order valence-corrected chi connectivity index (χ3v) is 3.47. The molecule has 0 aromatic carbocycles. The lowest BCUT2D eigenvalue weighted by atomic mass is 9.90. The highest BCUT2D eigenvalue weighted by molar-refractivity contribution is 6.67. The number of hydrogen-bond donors (Lipinski definition) is 0. The average molecular weight is 236 g/mol. The van der Waals surface area contributed by atoms with Crippen molar-refractivity contribution in [3.8, 4) is 0 Å². The molecule has 0 spiro atoms. The van der Waals surface area contributed by atoms with Crippen LogP contribution in [0.2, 0.25) is 0 Å². The minimum atomic E-state index is -1.17. The first-order valence-corrected chi connectivity index (χ1v) is 5.29. The van der Waals surface area contributed by atoms with Gasteiger partial charge in [0.15, 0.2) is 3.79 Å². The van der Waals surface area contributed by atoms with Crippen molar-refractivity contribution in [3.05, 3.63) is 0 Å². The molecule has 0 bridgehead atoms. The maximum atomic E-state index is 6.01. The van der Waals surface area contributed by atoms with Crippen molar-refractivity contribution in [2.75, 3.05) is 0 Å². The van der Waals surface area contributed by atoms with E-state index in [1.165, 1.54) is 0 Å². The van der Waals surface area contributed by atoms with Gasteiger partial charge in [-0.3, -0.25) is 0 Å². The smallest absolute Gasteiger partial charge is 0.123 e. The van der Waals surface area contributed by atoms with Crippen LogP contribution in [-0.4, -0.2) is 9.17 Å². The van der Waals surface area contributed by atoms with Crippen LogP contribution < -0.4 is 0 Å². The molecule has 0 saturated heterocycles. The SMILES string of the molecule is Cl[C@H]1CCCC[C@H]1C(Cl)(Cl)Cl. The zero-order valence-electron chi connectivity index (χ0n) is 5.99. The van der Waals surface area contributed by atoms with Crippen molar-refractivity contribution in [1.82, 2.24) is 0 Å². The van der Waals surface area contributed by atoms with Gasteiger partial charge in [0, 0.05) is 11.3 Å². The molecule has 0 aliphatic heterocycles. The quantitative estimate of drug-likeness (QED) is 0.554. The fourth-order valence-electron chi connectivity index (χ4n) is 1.45. The van der Waals surface area contributed by atoms with E-state index in [-0.39, 0.29) is 11.3 Å². The van der Waals surface area contributed by atoms with Crippen LogP contribution in [0.25, 0.3) is 0 Å². The average Bonchev–Trinajstić information content (AvgIpc) is 1.86. The summed E-state index contributed by atoms with van der Waals surface area (Å²) in [5.74, 6) is 0.0305. The Kier molecular flexibility index (Phi) is 3.64. The first-order valence-electron chi connectivity index (χ1n) is 3.72. The number of hydrogen-bond acceptors (Lipinski definition) is 0. The van der Waals surface area contributed by atoms with Gasteiger partial charge in [0.1, 0.15) is 0 Å². The Morgan fingerprint density at radius 1 is 1.00 bits per heavy atom. The fourth-order valence-corrected chi connectivity index (χ4v) is 2.90. The van der Waals surface area contributed by atoms with Gasteiger partial charge in [-0.05, 0) is 12.8 Å². The van der Waals surface area contributed by atoms with E-state index in [0.717, 1.165) is 25.7 Å². The van der Waals surface area contributed by atoms with E-state index in [2.05, 4.69) is 0 Å². The third-order valence-electron chi connectivity index (χ3n) is 2.10. The molecule has 0 aromatic rings. The maximum Gasteiger partial charge on any atom is 0.194 e. The molecule has 4 heteroatoms. The summed E-state index contributed by atoms with van der Waals surface area (Å²) in [7, 11) is 0. The maximum absolute atomic E-state index is 6.01. The van der Waals surface area contributed by atoms with Gasteiger partial charge in [-0.15, -0.1) is 11.6 Å². The third kappa shape index (κ3) is 2.84. The lowest BCUT2D eigenvalue weighted by molar-refractivity contribution is 0.370. The largest absolute Gasteiger partial charge is 0.194 e. The van der Waals surface area contributed by atoms with Crippen molar-refractivity contribution >= 4 is 46.4 Å². The highest BCUT2D eigenvalue weighted by Crippen LogP contribution is 2.44. The van der Waals surface area contributed by atoms with Crippen LogP contribution in [0.4, 0.5) is 0 Å². The Morgan fingerprint density at radius 2 is 1.55 bits per heavy atom. The van der Waals surface area contributed by atoms with E-state index in [1.54, 1.807) is 0 Å². The highest BCUT2D eigenvalue weighted by Gasteiger charge is 2.38. The summed E-state index contributed by atoms with van der Waals surface area (Å²) in [5, 5.41) is 0.0382. The van der Waals surface area contributed by atoms with Crippen molar-refractivity contribution < 1.29 is 0 Å². The van der Waals surface area contributed by atoms with Crippen molar-refractivity contribution in [3.63, 3.8) is 0 Å². The minimum Gasteiger partial charge on any atom is -0.123 e. The summed E-state index contributed by atoms with van der Waals surface area (Å²) in [6.45, 7) is 0. The monoisotopic (exact) mass is 234 g/mol. The first-order chi connectivity index (χ1) is 5.02. The molecular weight excluding hydrogens is 226 g/mol. The molecule has 1 rings (SSSR count). The van der Waals surface area contributed by atoms with E-state index < -0.39 is 3.79 Å². The van der Waals surface area contributed by atoms with Crippen LogP contribution in [0.1, 0.15) is 25.7 Å². The first kappa shape index (κ1) is 10.2. The topological polar surface area (TPSA) is 0 Å². The molecule has 66 valence electrons. The molecule has 1 aliphatic rings. The second-order valence-corrected chi connectivity index (χ2v) is 5.88. The normalized spacial score (nSPS) is 33.8. The molecule has 11 heavy (non-hydrogen) atoms. The van der Waals surface area contributed by atoms with Crippen LogP contribution in [-0.2, 0) is 0 Å². The minimum absolute atomic E-state index is 0.0305. The zero-order chi connectivity index (χ0) is 8.48. The van der Waals surface area contributed by atoms with Crippen molar-refractivity contribution in [2.45, 2.75) is 34.9 Å². The summed E-state index contributed by atoms with van der Waals surface area (Å²) >= 11 is 23.3. The Bertz CT molecular complexity index is 129. The summed E-state index contributed by atoms with van der Waals surface area (Å²) in [5.41, 5.74) is 0. The molecule has 1 fully saturated rings. The van der Waals surface area contributed by atoms with Gasteiger partial charge in [-0.1, -0.05) is 47.6 Å². The molecule has 1 saturated carbocycles. The Balaban J connectivity index is 2.55. The van der Waals surface area contributed by atoms with Gasteiger partial charge in [-0.2, -0.15) is 0 Å². The van der Waals surface area contributed by atoms with Crippen LogP contribution in [0, 0.1) is 5.92 Å². The molecular formula is C7H10Cl4. The predicted molar refractivity (Wildman–Crippen MR) is 51.9 cm³/mol. The molecule has 0 unspecified atom stereocenters. The predicted octanol–water partition coefficient (Wildman–Crippen LogP) is 4.15. The molecule has 0 nitrogen and oxygen atoms in total. The van der Waals surface area contributed by atoms with Gasteiger partial charge < -0.3 is 0 Å². The Hall–Kier alpha value is 1.16. The van der Waals surface area contributed by atoms with E-state index in [1.807, 2.05) is 0 Å². The number of rotatable bonds is 0. The van der Waals surface area contributed by atoms with Crippen LogP contribution >= 0.6 is 46.4 Å². The lowest BCUT2D eigenvalue weighted by Gasteiger charge is -2.32. The van der Waals surface area contributed by atoms with Gasteiger partial charge in [0.05, 0.1) is 0 Å². The summed E-state index contributed by atoms with van der Waals surface area (Å²) in [4.78, 5) is 0. The molecule has 0 heterocycles. The van der Waals surface area contributed by atoms with Gasteiger partial charge in [0.25, 0.3) is 0 Å². The summed E-state index contributed by atoms with van der Waals surface area (Å²) in [6.07, 6.45) is 4.19. The molecule has 0 amide bonds. The molecule has 2 atom stereocenters. The Labute approximate surface area is 87.1 Å². The van der Waals surface area contributed by atoms with Crippen LogP contribution in [0.5, 0.6) is 0 Å². The van der Waals surface area contributed by atoms with E-state index in [4.69, 9.17) is 46.4 Å². The van der Waals surface area contributed by atoms with Crippen molar-refractivity contribution in [2.24, 2.45) is 5.92 Å². The molecule has 0 radical (unpaired) electrons. The van der Waals surface area contributed by atoms with Gasteiger partial charge >= 0.3 is 0 Å². The molecule has 0 N–H and O–H groups in total. The van der Waals surface area contributed by atoms with Crippen LogP contribution in [0.15, 0.2) is 0 Å². The zero-order valence-corrected chi connectivity index (χ0v) is 9.02. The van der Waals surface area contributed by atoms with Crippen molar-refractivity contribution in [1.29, 1.82) is 0 Å². The molecule has 0 aromatic heterocycles. The molecule has 1 aliphatic carbocycles. The van der Waals surface area contributed by atoms with E-state index in [0.29, 0.717) is 0 Å². The lowest BCUT2D eigenvalue weighted by Crippen LogP contribution is -2.31. The van der Waals surface area contributed by atoms with Crippen LogP contribution in [0.3, 0.4) is 0 Å². The summed E-state index contributed by atoms with van der Waals surface area (Å²) in [6, 6.07) is 0. The van der Waals surface area contributed by atoms with Gasteiger partial charge in [0.2, 0.25) is 0 Å². The fraction of sp³-hybridized carbons (Fsp3) is 1.00. The number of alkyl halides is 4. The summed E-state index contributed by atoms with van der Waals surface area (Å²) < 4.78 is -1.17.